The van der Waals surface area contributed by atoms with E-state index in [0.29, 0.717) is 28.3 Å². The van der Waals surface area contributed by atoms with Gasteiger partial charge in [0.05, 0.1) is 5.56 Å². The summed E-state index contributed by atoms with van der Waals surface area (Å²) >= 11 is 3.41. The van der Waals surface area contributed by atoms with E-state index in [-0.39, 0.29) is 0 Å². The van der Waals surface area contributed by atoms with E-state index in [1.165, 1.54) is 6.92 Å². The number of carbonyl (C=O) groups excluding carboxylic acids is 1. The molecule has 0 N–H and O–H groups in total. The van der Waals surface area contributed by atoms with Gasteiger partial charge in [0.1, 0.15) is 28.8 Å². The van der Waals surface area contributed by atoms with Crippen LogP contribution in [0.25, 0.3) is 0 Å². The summed E-state index contributed by atoms with van der Waals surface area (Å²) in [5.41, 5.74) is 0.896. The molecule has 1 heterocycles. The number of pyridine rings is 1. The number of esters is 1. The van der Waals surface area contributed by atoms with Crippen molar-refractivity contribution in [2.75, 3.05) is 0 Å². The van der Waals surface area contributed by atoms with Gasteiger partial charge in [-0.3, -0.25) is 9.78 Å². The lowest BCUT2D eigenvalue weighted by Gasteiger charge is -2.18. The molecule has 0 bridgehead atoms. The van der Waals surface area contributed by atoms with Gasteiger partial charge >= 0.3 is 5.97 Å². The number of hydrogen-bond acceptors (Lipinski definition) is 6. The average Bonchev–Trinajstić information content (AvgIpc) is 2.56. The molecule has 2 rings (SSSR count). The van der Waals surface area contributed by atoms with Crippen LogP contribution in [0.3, 0.4) is 0 Å². The van der Waals surface area contributed by atoms with Crippen LogP contribution in [0, 0.1) is 11.3 Å². The molecule has 0 amide bonds. The summed E-state index contributed by atoms with van der Waals surface area (Å²) in [5.74, 6) is -0.169. The van der Waals surface area contributed by atoms with Gasteiger partial charge in [-0.2, -0.15) is 5.26 Å². The molecule has 134 valence electrons. The number of hydrogen-bond donors (Lipinski definition) is 0. The molecule has 2 aromatic rings. The van der Waals surface area contributed by atoms with E-state index in [4.69, 9.17) is 9.57 Å². The number of aromatic nitrogens is 1. The van der Waals surface area contributed by atoms with Crippen LogP contribution >= 0.6 is 15.9 Å². The van der Waals surface area contributed by atoms with Gasteiger partial charge in [-0.25, -0.2) is 0 Å². The zero-order chi connectivity index (χ0) is 19.3. The third kappa shape index (κ3) is 5.14. The van der Waals surface area contributed by atoms with Crippen LogP contribution in [0.1, 0.15) is 44.5 Å². The second kappa shape index (κ2) is 8.11. The summed E-state index contributed by atoms with van der Waals surface area (Å²) in [5, 5.41) is 13.7. The zero-order valence-electron chi connectivity index (χ0n) is 14.9. The third-order valence-electron chi connectivity index (χ3n) is 3.01. The van der Waals surface area contributed by atoms with Crippen molar-refractivity contribution >= 4 is 27.6 Å². The van der Waals surface area contributed by atoms with E-state index < -0.39 is 11.6 Å². The lowest BCUT2D eigenvalue weighted by Crippen LogP contribution is -2.19. The monoisotopic (exact) mass is 415 g/mol. The van der Waals surface area contributed by atoms with Crippen LogP contribution in [0.4, 0.5) is 0 Å². The lowest BCUT2D eigenvalue weighted by molar-refractivity contribution is -0.131. The van der Waals surface area contributed by atoms with Crippen LogP contribution in [-0.4, -0.2) is 22.3 Å². The van der Waals surface area contributed by atoms with Crippen molar-refractivity contribution in [1.82, 2.24) is 4.98 Å². The molecule has 1 aromatic heterocycles. The highest BCUT2D eigenvalue weighted by Crippen LogP contribution is 2.27. The van der Waals surface area contributed by atoms with Gasteiger partial charge < -0.3 is 9.57 Å². The van der Waals surface area contributed by atoms with Crippen molar-refractivity contribution < 1.29 is 14.4 Å². The molecule has 0 aliphatic carbocycles. The maximum Gasteiger partial charge on any atom is 0.308 e. The van der Waals surface area contributed by atoms with E-state index in [1.54, 1.807) is 36.5 Å². The molecule has 6 nitrogen and oxygen atoms in total. The van der Waals surface area contributed by atoms with Crippen molar-refractivity contribution in [1.29, 1.82) is 5.26 Å². The second-order valence-corrected chi connectivity index (χ2v) is 7.30. The van der Waals surface area contributed by atoms with E-state index >= 15 is 0 Å². The van der Waals surface area contributed by atoms with Crippen LogP contribution in [0.2, 0.25) is 0 Å². The van der Waals surface area contributed by atoms with Gasteiger partial charge in [0, 0.05) is 23.2 Å². The van der Waals surface area contributed by atoms with E-state index in [0.717, 1.165) is 4.47 Å². The molecule has 0 radical (unpaired) electrons. The van der Waals surface area contributed by atoms with Crippen molar-refractivity contribution in [3.8, 4) is 11.8 Å². The first-order chi connectivity index (χ1) is 12.2. The summed E-state index contributed by atoms with van der Waals surface area (Å²) in [6.45, 7) is 6.87. The lowest BCUT2D eigenvalue weighted by atomic mass is 10.0. The van der Waals surface area contributed by atoms with E-state index in [2.05, 4.69) is 32.1 Å². The molecule has 0 fully saturated rings. The largest absolute Gasteiger partial charge is 0.426 e. The first-order valence-electron chi connectivity index (χ1n) is 7.81. The summed E-state index contributed by atoms with van der Waals surface area (Å²) < 4.78 is 6.05. The third-order valence-corrected chi connectivity index (χ3v) is 3.51. The highest BCUT2D eigenvalue weighted by atomic mass is 79.9. The highest BCUT2D eigenvalue weighted by molar-refractivity contribution is 9.10. The molecule has 0 aliphatic rings. The Labute approximate surface area is 160 Å². The van der Waals surface area contributed by atoms with Crippen molar-refractivity contribution in [3.05, 3.63) is 57.8 Å². The Balaban J connectivity index is 2.71. The Kier molecular flexibility index (Phi) is 6.11. The maximum absolute atomic E-state index is 11.5. The van der Waals surface area contributed by atoms with E-state index in [9.17, 15) is 10.1 Å². The summed E-state index contributed by atoms with van der Waals surface area (Å²) in [6.07, 6.45) is 1.56. The Morgan fingerprint density at radius 2 is 2.04 bits per heavy atom. The molecule has 0 aliphatic heterocycles. The van der Waals surface area contributed by atoms with Crippen molar-refractivity contribution in [2.45, 2.75) is 33.3 Å². The van der Waals surface area contributed by atoms with Gasteiger partial charge in [-0.1, -0.05) is 21.1 Å². The molecular weight excluding hydrogens is 398 g/mol. The molecule has 7 heteroatoms. The zero-order valence-corrected chi connectivity index (χ0v) is 16.5. The number of ether oxygens (including phenoxy) is 1. The average molecular weight is 416 g/mol. The summed E-state index contributed by atoms with van der Waals surface area (Å²) in [7, 11) is 0. The normalized spacial score (nSPS) is 11.6. The smallest absolute Gasteiger partial charge is 0.308 e. The number of nitrogens with zero attached hydrogens (tertiary/aromatic N) is 3. The number of rotatable bonds is 4. The molecule has 26 heavy (non-hydrogen) atoms. The van der Waals surface area contributed by atoms with Gasteiger partial charge in [-0.05, 0) is 51.1 Å². The minimum Gasteiger partial charge on any atom is -0.426 e. The minimum atomic E-state index is -0.555. The topological polar surface area (TPSA) is 84.6 Å². The SMILES string of the molecule is CC(=O)Oc1ccc(Br)cc1/C(=N/OC(C)(C)C)c1ncccc1C#N. The van der Waals surface area contributed by atoms with Gasteiger partial charge in [-0.15, -0.1) is 0 Å². The number of halogens is 1. The number of oxime groups is 1. The van der Waals surface area contributed by atoms with Gasteiger partial charge in [0.2, 0.25) is 0 Å². The molecular formula is C19H18BrN3O3. The first-order valence-corrected chi connectivity index (χ1v) is 8.60. The predicted molar refractivity (Wildman–Crippen MR) is 101 cm³/mol. The van der Waals surface area contributed by atoms with Crippen molar-refractivity contribution in [2.24, 2.45) is 5.16 Å². The fourth-order valence-electron chi connectivity index (χ4n) is 2.02. The van der Waals surface area contributed by atoms with E-state index in [1.807, 2.05) is 20.8 Å². The summed E-state index contributed by atoms with van der Waals surface area (Å²) in [6, 6.07) is 10.5. The minimum absolute atomic E-state index is 0.298. The number of carbonyl (C=O) groups is 1. The highest BCUT2D eigenvalue weighted by Gasteiger charge is 2.21. The molecule has 1 aromatic carbocycles. The Morgan fingerprint density at radius 1 is 1.31 bits per heavy atom. The van der Waals surface area contributed by atoms with Crippen LogP contribution in [0.5, 0.6) is 5.75 Å². The molecule has 0 unspecified atom stereocenters. The molecule has 0 saturated carbocycles. The fraction of sp³-hybridized carbons (Fsp3) is 0.263. The van der Waals surface area contributed by atoms with Crippen LogP contribution < -0.4 is 4.74 Å². The quantitative estimate of drug-likeness (QED) is 0.323. The molecule has 0 spiro atoms. The Morgan fingerprint density at radius 3 is 2.65 bits per heavy atom. The standard InChI is InChI=1S/C19H18BrN3O3/c1-12(24)25-16-8-7-14(20)10-15(16)18(23-26-19(2,3)4)17-13(11-21)6-5-9-22-17/h5-10H,1-4H3/b23-18-. The Bertz CT molecular complexity index is 896. The number of nitriles is 1. The maximum atomic E-state index is 11.5. The molecule has 0 saturated heterocycles. The second-order valence-electron chi connectivity index (χ2n) is 6.39. The number of benzene rings is 1. The Hall–Kier alpha value is -2.72. The van der Waals surface area contributed by atoms with Crippen LogP contribution in [0.15, 0.2) is 46.2 Å². The van der Waals surface area contributed by atoms with Crippen LogP contribution in [-0.2, 0) is 9.63 Å². The van der Waals surface area contributed by atoms with Gasteiger partial charge in [0.15, 0.2) is 0 Å². The fourth-order valence-corrected chi connectivity index (χ4v) is 2.38. The summed E-state index contributed by atoms with van der Waals surface area (Å²) in [4.78, 5) is 21.3. The molecule has 0 atom stereocenters. The van der Waals surface area contributed by atoms with Gasteiger partial charge in [0.25, 0.3) is 0 Å². The predicted octanol–water partition coefficient (Wildman–Crippen LogP) is 4.21. The first kappa shape index (κ1) is 19.6. The van der Waals surface area contributed by atoms with Crippen molar-refractivity contribution in [3.63, 3.8) is 0 Å².